The third kappa shape index (κ3) is 17.2. The number of aromatic nitrogens is 2. The number of carbonyl (C=O) groups is 8. The van der Waals surface area contributed by atoms with Gasteiger partial charge in [0.15, 0.2) is 11.6 Å². The number of nitro benzene ring substituents is 1. The Morgan fingerprint density at radius 2 is 0.825 bits per heavy atom. The highest BCUT2D eigenvalue weighted by atomic mass is 16.6. The van der Waals surface area contributed by atoms with Crippen molar-refractivity contribution in [2.45, 2.75) is 127 Å². The lowest BCUT2D eigenvalue weighted by Gasteiger charge is -2.27. The summed E-state index contributed by atoms with van der Waals surface area (Å²) in [5.41, 5.74) is 11.8. The first kappa shape index (κ1) is 71.2. The number of nitrogens with zero attached hydrogens (tertiary/aromatic N) is 5. The molecule has 526 valence electrons. The maximum absolute atomic E-state index is 13.5. The molecule has 0 bridgehead atoms. The molecule has 103 heavy (non-hydrogen) atoms. The largest absolute Gasteiger partial charge is 0.480 e. The van der Waals surface area contributed by atoms with Crippen LogP contribution in [-0.2, 0) is 64.0 Å². The summed E-state index contributed by atoms with van der Waals surface area (Å²) in [6, 6.07) is 66.6. The first-order chi connectivity index (χ1) is 49.9. The third-order valence-corrected chi connectivity index (χ3v) is 20.3. The number of carboxylic acids is 1. The summed E-state index contributed by atoms with van der Waals surface area (Å²) >= 11 is 0. The highest BCUT2D eigenvalue weighted by Gasteiger charge is 2.39. The van der Waals surface area contributed by atoms with Crippen LogP contribution in [0, 0.1) is 10.1 Å². The van der Waals surface area contributed by atoms with E-state index in [1.54, 1.807) is 26.8 Å². The van der Waals surface area contributed by atoms with Crippen molar-refractivity contribution in [3.05, 3.63) is 262 Å². The van der Waals surface area contributed by atoms with Gasteiger partial charge in [-0.15, -0.1) is 0 Å². The molecule has 0 spiro atoms. The molecule has 4 aliphatic heterocycles. The molecular formula is C84H84N8O11. The van der Waals surface area contributed by atoms with Crippen molar-refractivity contribution in [1.82, 2.24) is 29.6 Å². The van der Waals surface area contributed by atoms with E-state index in [4.69, 9.17) is 5.11 Å². The molecule has 4 N–H and O–H groups in total. The molecule has 14 rings (SSSR count). The summed E-state index contributed by atoms with van der Waals surface area (Å²) < 4.78 is 0. The number of non-ortho nitro benzene ring substituents is 1. The van der Waals surface area contributed by atoms with E-state index in [2.05, 4.69) is 21.4 Å². The highest BCUT2D eigenvalue weighted by molar-refractivity contribution is 5.99. The first-order valence-corrected chi connectivity index (χ1v) is 35.5. The zero-order valence-corrected chi connectivity index (χ0v) is 57.8. The minimum Gasteiger partial charge on any atom is -0.480 e. The molecule has 4 saturated heterocycles. The van der Waals surface area contributed by atoms with Crippen LogP contribution in [0.3, 0.4) is 0 Å². The number of nitrogens with one attached hydrogen (secondary N) is 3. The number of fused-ring (bicyclic) bond motifs is 2. The predicted molar refractivity (Wildman–Crippen MR) is 397 cm³/mol. The average Bonchev–Trinajstić information content (AvgIpc) is 1.60. The molecule has 6 heterocycles. The number of aromatic amines is 2. The lowest BCUT2D eigenvalue weighted by Crippen LogP contribution is -2.43. The number of Topliss-reactive ketones (excluding diaryl/α,β-unsaturated/α-hetero) is 2. The Labute approximate surface area is 598 Å². The van der Waals surface area contributed by atoms with Crippen LogP contribution in [0.4, 0.5) is 11.4 Å². The van der Waals surface area contributed by atoms with Gasteiger partial charge < -0.3 is 40.0 Å². The Balaban J connectivity index is 0.000000163. The van der Waals surface area contributed by atoms with Crippen molar-refractivity contribution in [2.24, 2.45) is 0 Å². The predicted octanol–water partition coefficient (Wildman–Crippen LogP) is 13.9. The smallest absolute Gasteiger partial charge is 0.326 e. The number of aliphatic carboxylic acids is 1. The number of hydrogen-bond donors (Lipinski definition) is 4. The number of carboxylic acid groups (broad SMARTS) is 1. The number of ketones is 2. The van der Waals surface area contributed by atoms with E-state index in [1.165, 1.54) is 17.0 Å². The van der Waals surface area contributed by atoms with Crippen molar-refractivity contribution in [2.75, 3.05) is 31.5 Å². The van der Waals surface area contributed by atoms with Gasteiger partial charge in [-0.25, -0.2) is 4.79 Å². The number of benzene rings is 8. The average molecular weight is 1380 g/mol. The lowest BCUT2D eigenvalue weighted by atomic mass is 9.97. The maximum atomic E-state index is 13.5. The molecule has 5 amide bonds. The summed E-state index contributed by atoms with van der Waals surface area (Å²) in [4.78, 5) is 127. The fourth-order valence-electron chi connectivity index (χ4n) is 14.7. The van der Waals surface area contributed by atoms with Crippen molar-refractivity contribution in [3.8, 4) is 22.5 Å². The van der Waals surface area contributed by atoms with Gasteiger partial charge in [-0.3, -0.25) is 43.7 Å². The molecule has 19 nitrogen and oxygen atoms in total. The van der Waals surface area contributed by atoms with Crippen LogP contribution >= 0.6 is 0 Å². The van der Waals surface area contributed by atoms with Gasteiger partial charge in [-0.1, -0.05) is 146 Å². The molecular weight excluding hydrogens is 1300 g/mol. The fraction of sp³-hybridized carbons (Fsp3) is 0.286. The summed E-state index contributed by atoms with van der Waals surface area (Å²) in [5, 5.41) is 24.9. The number of nitro groups is 1. The lowest BCUT2D eigenvalue weighted by molar-refractivity contribution is -0.384. The normalized spacial score (nSPS) is 17.6. The number of carbonyl (C=O) groups excluding carboxylic acids is 7. The second-order valence-electron chi connectivity index (χ2n) is 27.2. The summed E-state index contributed by atoms with van der Waals surface area (Å²) in [7, 11) is 0. The molecule has 0 radical (unpaired) electrons. The minimum atomic E-state index is -0.899. The van der Waals surface area contributed by atoms with Crippen molar-refractivity contribution in [1.29, 1.82) is 0 Å². The number of hydrogen-bond acceptors (Lipinski definition) is 10. The van der Waals surface area contributed by atoms with Gasteiger partial charge in [-0.05, 0) is 170 Å². The van der Waals surface area contributed by atoms with Crippen molar-refractivity contribution >= 4 is 80.3 Å². The van der Waals surface area contributed by atoms with Crippen LogP contribution in [0.1, 0.15) is 110 Å². The maximum Gasteiger partial charge on any atom is 0.326 e. The summed E-state index contributed by atoms with van der Waals surface area (Å²) in [6.45, 7) is 6.19. The van der Waals surface area contributed by atoms with Crippen LogP contribution in [0.25, 0.3) is 44.3 Å². The van der Waals surface area contributed by atoms with Gasteiger partial charge in [0.1, 0.15) is 12.1 Å². The molecule has 0 saturated carbocycles. The zero-order valence-electron chi connectivity index (χ0n) is 57.8. The van der Waals surface area contributed by atoms with E-state index >= 15 is 0 Å². The SMILES string of the molecule is C[C@@H](C(=O)N1CCC[C@H]1C(=O)Cc1ccc2[nH]c(-c3ccc(NC(=O)[C@@H]4CCCN4C(=O)Cc4ccccc4)cc3)cc2c1)c1ccccc1.C[C@@H](C(=O)N1CCC[C@H]1C(=O)Cc1ccc2[nH]c(-c3ccc([N+](=O)[O-])cc3)cc2c1)c1ccccc1.O=C(O)[C@@H]1CCCN1C(=O)Cc1ccccc1. The molecule has 4 aliphatic rings. The zero-order chi connectivity index (χ0) is 72.1. The van der Waals surface area contributed by atoms with Crippen molar-refractivity contribution < 1.29 is 48.4 Å². The topological polar surface area (TPSA) is 256 Å². The summed E-state index contributed by atoms with van der Waals surface area (Å²) in [6.07, 6.45) is 6.97. The van der Waals surface area contributed by atoms with Gasteiger partial charge in [0.2, 0.25) is 29.5 Å². The molecule has 19 heteroatoms. The Morgan fingerprint density at radius 1 is 0.447 bits per heavy atom. The second kappa shape index (κ2) is 32.8. The Morgan fingerprint density at radius 3 is 1.24 bits per heavy atom. The number of H-pyrrole nitrogens is 2. The summed E-state index contributed by atoms with van der Waals surface area (Å²) in [5.74, 6) is -1.61. The number of amides is 5. The van der Waals surface area contributed by atoms with Crippen LogP contribution in [0.5, 0.6) is 0 Å². The van der Waals surface area contributed by atoms with Gasteiger partial charge in [0.25, 0.3) is 5.69 Å². The van der Waals surface area contributed by atoms with Gasteiger partial charge in [0, 0.05) is 90.0 Å². The Hall–Kier alpha value is -11.6. The standard InChI is InChI=1S/C42H42N4O4.C29H27N3O4.C13H15NO3/c1-28(31-12-6-3-7-13-31)42(50)46-23-8-14-37(46)39(47)25-30-16-21-35-33(24-30)27-36(44-35)32-17-19-34(20-18-32)43-41(49)38-15-9-22-45(38)40(48)26-29-10-4-2-5-11-29;1-19(21-6-3-2-4-7-21)29(34)31-15-5-8-27(31)28(33)17-20-9-14-25-23(16-20)18-26(30-25)22-10-12-24(13-11-22)32(35)36;15-12(9-10-5-2-1-3-6-10)14-8-4-7-11(14)13(16)17/h2-7,10-13,16-21,24,27-28,37-38,44H,8-9,14-15,22-23,25-26H2,1H3,(H,43,49);2-4,6-7,9-14,16,18-19,27,30H,5,8,15,17H2,1H3;1-3,5-6,11H,4,7-9H2,(H,16,17)/t28-,37+,38+;19-,27+;11-/m110/s1. The number of likely N-dealkylation sites (tertiary alicyclic amines) is 4. The van der Waals surface area contributed by atoms with Gasteiger partial charge >= 0.3 is 5.97 Å². The minimum absolute atomic E-state index is 0.00544. The van der Waals surface area contributed by atoms with Crippen LogP contribution < -0.4 is 5.32 Å². The molecule has 0 aliphatic carbocycles. The molecule has 0 unspecified atom stereocenters. The number of rotatable bonds is 20. The first-order valence-electron chi connectivity index (χ1n) is 35.5. The Bertz CT molecular complexity index is 4700. The highest BCUT2D eigenvalue weighted by Crippen LogP contribution is 2.33. The van der Waals surface area contributed by atoms with E-state index < -0.39 is 29.0 Å². The monoisotopic (exact) mass is 1380 g/mol. The second-order valence-corrected chi connectivity index (χ2v) is 27.2. The molecule has 4 fully saturated rings. The van der Waals surface area contributed by atoms with E-state index in [0.29, 0.717) is 57.5 Å². The van der Waals surface area contributed by atoms with E-state index in [0.717, 1.165) is 103 Å². The van der Waals surface area contributed by atoms with Crippen LogP contribution in [0.2, 0.25) is 0 Å². The van der Waals surface area contributed by atoms with Crippen LogP contribution in [-0.4, -0.2) is 137 Å². The van der Waals surface area contributed by atoms with Gasteiger partial charge in [-0.2, -0.15) is 0 Å². The fourth-order valence-corrected chi connectivity index (χ4v) is 14.7. The van der Waals surface area contributed by atoms with Crippen LogP contribution in [0.15, 0.2) is 218 Å². The Kier molecular flexibility index (Phi) is 22.7. The van der Waals surface area contributed by atoms with E-state index in [9.17, 15) is 48.5 Å². The van der Waals surface area contributed by atoms with E-state index in [-0.39, 0.29) is 90.4 Å². The number of anilines is 1. The quantitative estimate of drug-likeness (QED) is 0.0412. The van der Waals surface area contributed by atoms with Crippen molar-refractivity contribution in [3.63, 3.8) is 0 Å². The third-order valence-electron chi connectivity index (χ3n) is 20.3. The molecule has 6 atom stereocenters. The molecule has 8 aromatic carbocycles. The molecule has 2 aromatic heterocycles. The van der Waals surface area contributed by atoms with E-state index in [1.807, 2.05) is 202 Å². The molecule has 10 aromatic rings. The van der Waals surface area contributed by atoms with Gasteiger partial charge in [0.05, 0.1) is 41.7 Å².